The predicted molar refractivity (Wildman–Crippen MR) is 95.7 cm³/mol. The summed E-state index contributed by atoms with van der Waals surface area (Å²) in [5.41, 5.74) is 1.06. The van der Waals surface area contributed by atoms with Gasteiger partial charge in [0.2, 0.25) is 5.91 Å². The van der Waals surface area contributed by atoms with Crippen LogP contribution in [0.5, 0.6) is 0 Å². The van der Waals surface area contributed by atoms with Crippen LogP contribution in [0.2, 0.25) is 0 Å². The van der Waals surface area contributed by atoms with E-state index in [0.29, 0.717) is 0 Å². The van der Waals surface area contributed by atoms with Crippen LogP contribution in [-0.4, -0.2) is 12.5 Å². The van der Waals surface area contributed by atoms with Crippen molar-refractivity contribution in [2.45, 2.75) is 64.7 Å². The molecular formula is C20H31NO. The summed E-state index contributed by atoms with van der Waals surface area (Å²) < 4.78 is 0. The molecule has 122 valence electrons. The van der Waals surface area contributed by atoms with Gasteiger partial charge in [-0.25, -0.2) is 0 Å². The molecule has 1 rings (SSSR count). The Morgan fingerprint density at radius 1 is 0.909 bits per heavy atom. The van der Waals surface area contributed by atoms with E-state index in [-0.39, 0.29) is 5.91 Å². The van der Waals surface area contributed by atoms with Gasteiger partial charge < -0.3 is 5.32 Å². The third-order valence-electron chi connectivity index (χ3n) is 3.81. The average Bonchev–Trinajstić information content (AvgIpc) is 2.55. The highest BCUT2D eigenvalue weighted by atomic mass is 16.1. The largest absolute Gasteiger partial charge is 0.353 e. The maximum atomic E-state index is 11.7. The van der Waals surface area contributed by atoms with E-state index >= 15 is 0 Å². The highest BCUT2D eigenvalue weighted by molar-refractivity contribution is 5.91. The molecule has 0 unspecified atom stereocenters. The highest BCUT2D eigenvalue weighted by Gasteiger charge is 1.95. The van der Waals surface area contributed by atoms with E-state index in [0.717, 1.165) is 18.5 Å². The summed E-state index contributed by atoms with van der Waals surface area (Å²) in [6.45, 7) is 3.04. The van der Waals surface area contributed by atoms with Gasteiger partial charge in [0.15, 0.2) is 0 Å². The first kappa shape index (κ1) is 18.5. The second-order valence-corrected chi connectivity index (χ2v) is 5.86. The van der Waals surface area contributed by atoms with E-state index in [4.69, 9.17) is 0 Å². The molecule has 2 heteroatoms. The standard InChI is InChI=1S/C20H31NO/c1-2-3-4-5-6-7-8-9-13-18-21-20(22)17-16-19-14-11-10-12-15-19/h10-12,14-17H,2-9,13,18H2,1H3,(H,21,22). The quantitative estimate of drug-likeness (QED) is 0.409. The molecule has 0 aromatic heterocycles. The van der Waals surface area contributed by atoms with Crippen LogP contribution in [0.4, 0.5) is 0 Å². The fraction of sp³-hybridized carbons (Fsp3) is 0.550. The summed E-state index contributed by atoms with van der Waals surface area (Å²) in [4.78, 5) is 11.7. The molecule has 22 heavy (non-hydrogen) atoms. The molecule has 0 spiro atoms. The molecular weight excluding hydrogens is 270 g/mol. The van der Waals surface area contributed by atoms with Crippen molar-refractivity contribution < 1.29 is 4.79 Å². The lowest BCUT2D eigenvalue weighted by Crippen LogP contribution is -2.21. The monoisotopic (exact) mass is 301 g/mol. The number of amides is 1. The Bertz CT molecular complexity index is 411. The van der Waals surface area contributed by atoms with Crippen molar-refractivity contribution >= 4 is 12.0 Å². The molecule has 1 aromatic rings. The summed E-state index contributed by atoms with van der Waals surface area (Å²) >= 11 is 0. The second kappa shape index (κ2) is 13.1. The van der Waals surface area contributed by atoms with Crippen LogP contribution >= 0.6 is 0 Å². The van der Waals surface area contributed by atoms with Crippen LogP contribution in [0.3, 0.4) is 0 Å². The first-order chi connectivity index (χ1) is 10.8. The average molecular weight is 301 g/mol. The van der Waals surface area contributed by atoms with Crippen molar-refractivity contribution in [3.63, 3.8) is 0 Å². The van der Waals surface area contributed by atoms with Crippen molar-refractivity contribution in [1.82, 2.24) is 5.32 Å². The van der Waals surface area contributed by atoms with E-state index in [2.05, 4.69) is 12.2 Å². The Balaban J connectivity index is 1.94. The molecule has 0 aliphatic carbocycles. The molecule has 0 saturated heterocycles. The second-order valence-electron chi connectivity index (χ2n) is 5.86. The molecule has 1 N–H and O–H groups in total. The molecule has 1 aromatic carbocycles. The molecule has 0 bridgehead atoms. The molecule has 2 nitrogen and oxygen atoms in total. The number of carbonyl (C=O) groups excluding carboxylic acids is 1. The van der Waals surface area contributed by atoms with Crippen LogP contribution < -0.4 is 5.32 Å². The number of benzene rings is 1. The molecule has 0 aliphatic heterocycles. The zero-order valence-electron chi connectivity index (χ0n) is 14.0. The van der Waals surface area contributed by atoms with Crippen LogP contribution in [0.1, 0.15) is 70.3 Å². The molecule has 0 aliphatic rings. The Morgan fingerprint density at radius 2 is 1.50 bits per heavy atom. The first-order valence-electron chi connectivity index (χ1n) is 8.84. The van der Waals surface area contributed by atoms with Crippen LogP contribution in [0, 0.1) is 0 Å². The van der Waals surface area contributed by atoms with Gasteiger partial charge in [0.1, 0.15) is 0 Å². The van der Waals surface area contributed by atoms with E-state index in [1.54, 1.807) is 6.08 Å². The lowest BCUT2D eigenvalue weighted by Gasteiger charge is -2.03. The molecule has 1 amide bonds. The van der Waals surface area contributed by atoms with E-state index in [1.165, 1.54) is 51.4 Å². The summed E-state index contributed by atoms with van der Waals surface area (Å²) in [7, 11) is 0. The van der Waals surface area contributed by atoms with Crippen LogP contribution in [0.25, 0.3) is 6.08 Å². The number of unbranched alkanes of at least 4 members (excludes halogenated alkanes) is 8. The maximum absolute atomic E-state index is 11.7. The number of hydrogen-bond acceptors (Lipinski definition) is 1. The summed E-state index contributed by atoms with van der Waals surface area (Å²) in [6, 6.07) is 9.90. The molecule has 0 heterocycles. The summed E-state index contributed by atoms with van der Waals surface area (Å²) in [5, 5.41) is 2.95. The predicted octanol–water partition coefficient (Wildman–Crippen LogP) is 5.35. The Kier molecular flexibility index (Phi) is 11.0. The normalized spacial score (nSPS) is 11.0. The minimum atomic E-state index is 0.00317. The zero-order valence-corrected chi connectivity index (χ0v) is 14.0. The SMILES string of the molecule is CCCCCCCCCCCNC(=O)C=Cc1ccccc1. The van der Waals surface area contributed by atoms with Gasteiger partial charge in [-0.3, -0.25) is 4.79 Å². The van der Waals surface area contributed by atoms with Gasteiger partial charge in [0.25, 0.3) is 0 Å². The van der Waals surface area contributed by atoms with Gasteiger partial charge in [0.05, 0.1) is 0 Å². The van der Waals surface area contributed by atoms with E-state index in [9.17, 15) is 4.79 Å². The van der Waals surface area contributed by atoms with Crippen molar-refractivity contribution in [2.24, 2.45) is 0 Å². The molecule has 0 saturated carbocycles. The molecule has 0 atom stereocenters. The lowest BCUT2D eigenvalue weighted by molar-refractivity contribution is -0.116. The van der Waals surface area contributed by atoms with E-state index < -0.39 is 0 Å². The minimum Gasteiger partial charge on any atom is -0.353 e. The molecule has 0 radical (unpaired) electrons. The summed E-state index contributed by atoms with van der Waals surface area (Å²) in [6.07, 6.45) is 15.2. The number of rotatable bonds is 12. The van der Waals surface area contributed by atoms with Gasteiger partial charge >= 0.3 is 0 Å². The molecule has 0 fully saturated rings. The Hall–Kier alpha value is -1.57. The van der Waals surface area contributed by atoms with Gasteiger partial charge in [-0.1, -0.05) is 88.6 Å². The Labute approximate surface area is 136 Å². The number of nitrogens with one attached hydrogen (secondary N) is 1. The first-order valence-corrected chi connectivity index (χ1v) is 8.84. The third-order valence-corrected chi connectivity index (χ3v) is 3.81. The van der Waals surface area contributed by atoms with Gasteiger partial charge in [-0.15, -0.1) is 0 Å². The summed E-state index contributed by atoms with van der Waals surface area (Å²) in [5.74, 6) is 0.00317. The minimum absolute atomic E-state index is 0.00317. The topological polar surface area (TPSA) is 29.1 Å². The fourth-order valence-corrected chi connectivity index (χ4v) is 2.44. The van der Waals surface area contributed by atoms with Gasteiger partial charge in [0, 0.05) is 12.6 Å². The number of hydrogen-bond donors (Lipinski definition) is 1. The highest BCUT2D eigenvalue weighted by Crippen LogP contribution is 2.09. The van der Waals surface area contributed by atoms with E-state index in [1.807, 2.05) is 36.4 Å². The third kappa shape index (κ3) is 10.2. The van der Waals surface area contributed by atoms with Crippen LogP contribution in [-0.2, 0) is 4.79 Å². The van der Waals surface area contributed by atoms with Crippen molar-refractivity contribution in [3.8, 4) is 0 Å². The van der Waals surface area contributed by atoms with Gasteiger partial charge in [-0.2, -0.15) is 0 Å². The van der Waals surface area contributed by atoms with Crippen LogP contribution in [0.15, 0.2) is 36.4 Å². The maximum Gasteiger partial charge on any atom is 0.243 e. The lowest BCUT2D eigenvalue weighted by atomic mass is 10.1. The fourth-order valence-electron chi connectivity index (χ4n) is 2.44. The smallest absolute Gasteiger partial charge is 0.243 e. The van der Waals surface area contributed by atoms with Crippen molar-refractivity contribution in [2.75, 3.05) is 6.54 Å². The van der Waals surface area contributed by atoms with Gasteiger partial charge in [-0.05, 0) is 18.1 Å². The van der Waals surface area contributed by atoms with Crippen molar-refractivity contribution in [1.29, 1.82) is 0 Å². The van der Waals surface area contributed by atoms with Crippen molar-refractivity contribution in [3.05, 3.63) is 42.0 Å². The Morgan fingerprint density at radius 3 is 2.14 bits per heavy atom. The zero-order chi connectivity index (χ0) is 15.9. The number of carbonyl (C=O) groups is 1.